The molecule has 2 aromatic carbocycles. The number of fused-ring (bicyclic) bond motifs is 1. The van der Waals surface area contributed by atoms with E-state index >= 15 is 0 Å². The van der Waals surface area contributed by atoms with Gasteiger partial charge >= 0.3 is 0 Å². The maximum Gasteiger partial charge on any atom is 0.246 e. The lowest BCUT2D eigenvalue weighted by Gasteiger charge is -2.38. The van der Waals surface area contributed by atoms with Gasteiger partial charge in [-0.15, -0.1) is 11.8 Å². The van der Waals surface area contributed by atoms with Gasteiger partial charge in [0.2, 0.25) is 23.6 Å². The third-order valence-electron chi connectivity index (χ3n) is 14.6. The summed E-state index contributed by atoms with van der Waals surface area (Å²) in [5, 5.41) is 16.5. The fraction of sp³-hybridized carbons (Fsp3) is 0.436. The normalized spacial score (nSPS) is 17.9. The monoisotopic (exact) mass is 1030 g/mol. The Kier molecular flexibility index (Phi) is 16.9. The van der Waals surface area contributed by atoms with Crippen LogP contribution in [0.15, 0.2) is 96.8 Å². The third-order valence-corrected chi connectivity index (χ3v) is 15.7. The number of benzene rings is 2. The van der Waals surface area contributed by atoms with E-state index in [1.807, 2.05) is 34.3 Å². The molecule has 0 aliphatic carbocycles. The lowest BCUT2D eigenvalue weighted by Crippen LogP contribution is -2.58. The topological polar surface area (TPSA) is 193 Å². The van der Waals surface area contributed by atoms with Gasteiger partial charge in [0.15, 0.2) is 5.78 Å². The number of aromatic nitrogens is 6. The first-order chi connectivity index (χ1) is 35.9. The number of hydrogen-bond acceptors (Lipinski definition) is 11. The van der Waals surface area contributed by atoms with Crippen molar-refractivity contribution in [3.63, 3.8) is 0 Å². The van der Waals surface area contributed by atoms with Crippen molar-refractivity contribution in [1.82, 2.24) is 50.0 Å². The van der Waals surface area contributed by atoms with Crippen LogP contribution in [-0.4, -0.2) is 130 Å². The minimum absolute atomic E-state index is 0.0793. The number of likely N-dealkylation sites (N-methyl/N-ethyl adjacent to an activating group) is 1. The van der Waals surface area contributed by atoms with E-state index < -0.39 is 23.9 Å². The van der Waals surface area contributed by atoms with Crippen molar-refractivity contribution in [3.8, 4) is 22.3 Å². The zero-order valence-corrected chi connectivity index (χ0v) is 42.7. The highest BCUT2D eigenvalue weighted by molar-refractivity contribution is 8.14. The molecule has 3 aliphatic rings. The number of nitrogens with one attached hydrogen (secondary N) is 3. The summed E-state index contributed by atoms with van der Waals surface area (Å²) in [5.74, 6) is -1.01. The first-order valence-corrected chi connectivity index (χ1v) is 26.8. The third kappa shape index (κ3) is 12.4. The number of ketones is 1. The number of aromatic amines is 1. The number of carbonyl (C=O) groups is 5. The van der Waals surface area contributed by atoms with E-state index in [4.69, 9.17) is 4.99 Å². The molecule has 2 unspecified atom stereocenters. The van der Waals surface area contributed by atoms with Gasteiger partial charge in [0, 0.05) is 96.2 Å². The summed E-state index contributed by atoms with van der Waals surface area (Å²) >= 11 is 1.48. The van der Waals surface area contributed by atoms with Gasteiger partial charge in [-0.05, 0) is 106 Å². The summed E-state index contributed by atoms with van der Waals surface area (Å²) in [6.07, 6.45) is 19.4. The van der Waals surface area contributed by atoms with Crippen molar-refractivity contribution in [2.45, 2.75) is 115 Å². The van der Waals surface area contributed by atoms with Crippen molar-refractivity contribution >= 4 is 57.3 Å². The molecule has 3 aliphatic heterocycles. The van der Waals surface area contributed by atoms with Crippen LogP contribution in [0.25, 0.3) is 33.3 Å². The van der Waals surface area contributed by atoms with E-state index in [2.05, 4.69) is 30.8 Å². The number of H-pyrrole nitrogens is 1. The molecule has 0 spiro atoms. The maximum absolute atomic E-state index is 14.5. The van der Waals surface area contributed by atoms with Crippen LogP contribution in [-0.2, 0) is 20.9 Å². The molecule has 6 aromatic rings. The number of thioether (sulfide) groups is 1. The molecule has 0 radical (unpaired) electrons. The Morgan fingerprint density at radius 2 is 1.55 bits per heavy atom. The number of carbonyl (C=O) groups excluding carboxylic acids is 5. The van der Waals surface area contributed by atoms with Crippen molar-refractivity contribution in [2.24, 2.45) is 10.9 Å². The molecule has 2 saturated heterocycles. The van der Waals surface area contributed by atoms with Gasteiger partial charge in [0.25, 0.3) is 0 Å². The smallest absolute Gasteiger partial charge is 0.246 e. The van der Waals surface area contributed by atoms with E-state index in [1.54, 1.807) is 49.5 Å². The molecule has 74 heavy (non-hydrogen) atoms. The number of Topliss-reactive ketones (excluding diaryl/α,β-unsaturated/α-hetero) is 1. The predicted octanol–water partition coefficient (Wildman–Crippen LogP) is 8.10. The van der Waals surface area contributed by atoms with E-state index in [1.165, 1.54) is 52.8 Å². The quantitative estimate of drug-likeness (QED) is 0.0469. The molecule has 3 amide bonds. The molecule has 9 rings (SSSR count). The Morgan fingerprint density at radius 3 is 2.31 bits per heavy atom. The van der Waals surface area contributed by atoms with Gasteiger partial charge in [-0.3, -0.25) is 33.6 Å². The first kappa shape index (κ1) is 52.0. The van der Waals surface area contributed by atoms with Crippen LogP contribution in [0, 0.1) is 17.6 Å². The van der Waals surface area contributed by atoms with E-state index in [0.717, 1.165) is 88.8 Å². The highest BCUT2D eigenvalue weighted by Gasteiger charge is 2.43. The summed E-state index contributed by atoms with van der Waals surface area (Å²) < 4.78 is 30.4. The maximum atomic E-state index is 14.5. The van der Waals surface area contributed by atoms with E-state index in [0.29, 0.717) is 69.6 Å². The van der Waals surface area contributed by atoms with E-state index in [-0.39, 0.29) is 47.2 Å². The molecule has 4 atom stereocenters. The number of likely N-dealkylation sites (tertiary alicyclic amines) is 2. The Balaban J connectivity index is 0.693. The summed E-state index contributed by atoms with van der Waals surface area (Å²) in [6, 6.07) is 11.8. The average molecular weight is 1030 g/mol. The number of amides is 3. The van der Waals surface area contributed by atoms with Crippen molar-refractivity contribution in [1.29, 1.82) is 0 Å². The Labute approximate surface area is 433 Å². The zero-order valence-electron chi connectivity index (χ0n) is 41.9. The molecule has 19 heteroatoms. The number of pyridine rings is 1. The largest absolute Gasteiger partial charge is 0.346 e. The average Bonchev–Trinajstić information content (AvgIpc) is 4.29. The highest BCUT2D eigenvalue weighted by Crippen LogP contribution is 2.34. The SMILES string of the molecule is CN[C@@H](C)C(=O)NC(C(=O)N1CCC[C@H]1C1=NC(C(=O)c2ccc(F)cc2)CS1)C1CCN(C(=O)CCCCCCCCC(=O)n2cc(-c3cnc4[nH]cc(-c5cnn(Cc6cccc(F)c6)c5)c4c3)cn2)CC1. The Hall–Kier alpha value is -6.86. The van der Waals surface area contributed by atoms with Crippen LogP contribution in [0.2, 0.25) is 0 Å². The van der Waals surface area contributed by atoms with Gasteiger partial charge < -0.3 is 25.4 Å². The summed E-state index contributed by atoms with van der Waals surface area (Å²) in [5.41, 5.74) is 5.36. The summed E-state index contributed by atoms with van der Waals surface area (Å²) in [6.45, 7) is 3.71. The predicted molar refractivity (Wildman–Crippen MR) is 281 cm³/mol. The van der Waals surface area contributed by atoms with Crippen LogP contribution in [0.5, 0.6) is 0 Å². The molecule has 16 nitrogen and oxygen atoms in total. The van der Waals surface area contributed by atoms with Crippen LogP contribution in [0.3, 0.4) is 0 Å². The van der Waals surface area contributed by atoms with Gasteiger partial charge in [0.1, 0.15) is 29.4 Å². The Bertz CT molecular complexity index is 3000. The lowest BCUT2D eigenvalue weighted by atomic mass is 9.87. The van der Waals surface area contributed by atoms with Gasteiger partial charge in [-0.1, -0.05) is 37.8 Å². The fourth-order valence-corrected chi connectivity index (χ4v) is 11.4. The second-order valence-corrected chi connectivity index (χ2v) is 20.7. The van der Waals surface area contributed by atoms with Gasteiger partial charge in [-0.2, -0.15) is 10.2 Å². The second kappa shape index (κ2) is 24.0. The molecule has 3 N–H and O–H groups in total. The number of halogens is 2. The van der Waals surface area contributed by atoms with Crippen LogP contribution in [0.1, 0.15) is 105 Å². The molecule has 7 heterocycles. The fourth-order valence-electron chi connectivity index (χ4n) is 10.2. The molecule has 0 bridgehead atoms. The minimum atomic E-state index is -0.767. The first-order valence-electron chi connectivity index (χ1n) is 25.8. The molecular formula is C55H63F2N11O5S. The van der Waals surface area contributed by atoms with Crippen LogP contribution < -0.4 is 10.6 Å². The molecule has 388 valence electrons. The molecule has 0 saturated carbocycles. The van der Waals surface area contributed by atoms with Gasteiger partial charge in [0.05, 0.1) is 36.1 Å². The number of rotatable bonds is 21. The second-order valence-electron chi connectivity index (χ2n) is 19.6. The van der Waals surface area contributed by atoms with Crippen molar-refractivity contribution in [3.05, 3.63) is 115 Å². The number of piperidine rings is 1. The lowest BCUT2D eigenvalue weighted by molar-refractivity contribution is -0.139. The highest BCUT2D eigenvalue weighted by atomic mass is 32.2. The van der Waals surface area contributed by atoms with Crippen molar-refractivity contribution < 1.29 is 32.8 Å². The number of hydrogen-bond donors (Lipinski definition) is 3. The standard InChI is InChI=1S/C55H63F2N11O5S/c1-35(58-2)53(72)64-50(55(73)67-22-10-13-47(67)54-63-46(34-74-54)51(71)38-16-18-42(56)19-17-38)37-20-23-65(24-21-37)48(69)14-7-5-3-4-6-8-15-49(70)68-33-40(28-62-68)39-26-44-45(30-60-52(44)59-27-39)41-29-61-66(32-41)31-36-11-9-12-43(57)25-36/h9,11-12,16-19,25-30,32-33,35,37,46-47,50,58H,3-8,10,13-15,20-24,31,34H2,1-2H3,(H,59,60)(H,64,72)/t35-,46?,47-,50?/m0/s1. The molecule has 2 fully saturated rings. The summed E-state index contributed by atoms with van der Waals surface area (Å²) in [4.78, 5) is 83.8. The number of unbranched alkanes of at least 4 members (excludes halogenated alkanes) is 5. The molecular weight excluding hydrogens is 965 g/mol. The minimum Gasteiger partial charge on any atom is -0.346 e. The number of nitrogens with zero attached hydrogens (tertiary/aromatic N) is 8. The van der Waals surface area contributed by atoms with Crippen molar-refractivity contribution in [2.75, 3.05) is 32.4 Å². The van der Waals surface area contributed by atoms with Gasteiger partial charge in [-0.25, -0.2) is 18.4 Å². The van der Waals surface area contributed by atoms with E-state index in [9.17, 15) is 32.8 Å². The molecule has 4 aromatic heterocycles. The zero-order chi connectivity index (χ0) is 51.7. The van der Waals surface area contributed by atoms with Crippen LogP contribution >= 0.6 is 11.8 Å². The summed E-state index contributed by atoms with van der Waals surface area (Å²) in [7, 11) is 1.70. The van der Waals surface area contributed by atoms with Crippen LogP contribution in [0.4, 0.5) is 8.78 Å². The number of aliphatic imine (C=N–C) groups is 1. The Morgan fingerprint density at radius 1 is 0.811 bits per heavy atom.